The second kappa shape index (κ2) is 5.59. The number of hydrogen-bond donors (Lipinski definition) is 2. The number of anilines is 1. The Hall–Kier alpha value is -0.580. The van der Waals surface area contributed by atoms with Crippen LogP contribution in [0.2, 0.25) is 0 Å². The summed E-state index contributed by atoms with van der Waals surface area (Å²) in [5.41, 5.74) is 2.05. The maximum atomic E-state index is 9.74. The zero-order valence-electron chi connectivity index (χ0n) is 10.8. The van der Waals surface area contributed by atoms with Gasteiger partial charge in [0.15, 0.2) is 0 Å². The van der Waals surface area contributed by atoms with E-state index < -0.39 is 6.10 Å². The second-order valence-electron chi connectivity index (χ2n) is 5.16. The van der Waals surface area contributed by atoms with E-state index in [1.807, 2.05) is 18.2 Å². The predicted octanol–water partition coefficient (Wildman–Crippen LogP) is 2.71. The van der Waals surface area contributed by atoms with E-state index in [2.05, 4.69) is 27.8 Å². The molecule has 0 amide bonds. The number of piperidine rings is 1. The number of benzene rings is 1. The van der Waals surface area contributed by atoms with Crippen molar-refractivity contribution in [2.45, 2.75) is 32.5 Å². The van der Waals surface area contributed by atoms with Gasteiger partial charge in [0.1, 0.15) is 0 Å². The molecule has 0 radical (unpaired) electrons. The summed E-state index contributed by atoms with van der Waals surface area (Å²) in [6.45, 7) is 5.60. The van der Waals surface area contributed by atoms with E-state index in [1.54, 1.807) is 6.92 Å². The summed E-state index contributed by atoms with van der Waals surface area (Å²) >= 11 is 3.51. The van der Waals surface area contributed by atoms with Gasteiger partial charge in [-0.1, -0.05) is 28.9 Å². The number of aliphatic hydroxyl groups is 2. The van der Waals surface area contributed by atoms with Crippen LogP contribution in [0.5, 0.6) is 0 Å². The molecule has 0 spiro atoms. The fraction of sp³-hybridized carbons (Fsp3) is 0.571. The first kappa shape index (κ1) is 13.8. The van der Waals surface area contributed by atoms with E-state index in [9.17, 15) is 10.2 Å². The predicted molar refractivity (Wildman–Crippen MR) is 76.8 cm³/mol. The molecule has 0 aliphatic carbocycles. The van der Waals surface area contributed by atoms with Crippen molar-refractivity contribution in [3.8, 4) is 0 Å². The molecule has 1 saturated heterocycles. The summed E-state index contributed by atoms with van der Waals surface area (Å²) in [6.07, 6.45) is 0.175. The third-order valence-electron chi connectivity index (χ3n) is 3.66. The Kier molecular flexibility index (Phi) is 4.30. The Labute approximate surface area is 117 Å². The number of aliphatic hydroxyl groups excluding tert-OH is 2. The Morgan fingerprint density at radius 3 is 2.72 bits per heavy atom. The molecule has 1 aliphatic rings. The Morgan fingerprint density at radius 1 is 1.44 bits per heavy atom. The molecule has 1 aliphatic heterocycles. The lowest BCUT2D eigenvalue weighted by Gasteiger charge is -2.36. The molecular weight excluding hydrogens is 294 g/mol. The molecule has 0 bridgehead atoms. The zero-order valence-corrected chi connectivity index (χ0v) is 12.4. The maximum Gasteiger partial charge on any atom is 0.0772 e. The highest BCUT2D eigenvalue weighted by Crippen LogP contribution is 2.30. The van der Waals surface area contributed by atoms with Crippen molar-refractivity contribution >= 4 is 21.6 Å². The van der Waals surface area contributed by atoms with Crippen LogP contribution in [0.15, 0.2) is 22.7 Å². The second-order valence-corrected chi connectivity index (χ2v) is 6.02. The molecule has 3 nitrogen and oxygen atoms in total. The molecule has 2 N–H and O–H groups in total. The minimum Gasteiger partial charge on any atom is -0.393 e. The molecule has 100 valence electrons. The van der Waals surface area contributed by atoms with Crippen molar-refractivity contribution in [1.29, 1.82) is 0 Å². The zero-order chi connectivity index (χ0) is 13.3. The van der Waals surface area contributed by atoms with Crippen molar-refractivity contribution in [1.82, 2.24) is 0 Å². The van der Waals surface area contributed by atoms with Crippen molar-refractivity contribution < 1.29 is 10.2 Å². The molecule has 1 aromatic rings. The summed E-state index contributed by atoms with van der Waals surface area (Å²) in [5.74, 6) is 0.300. The molecule has 18 heavy (non-hydrogen) atoms. The molecule has 0 aromatic heterocycles. The molecule has 3 atom stereocenters. The third kappa shape index (κ3) is 2.87. The standard InChI is InChI=1S/C14H20BrNO2/c1-9-8-16(6-5-14(9)18)11-3-4-12(10(2)17)13(15)7-11/h3-4,7,9-10,14,17-18H,5-6,8H2,1-2H3/t9?,10-,14?/m1/s1. The van der Waals surface area contributed by atoms with Gasteiger partial charge in [0, 0.05) is 23.2 Å². The normalized spacial score (nSPS) is 26.2. The van der Waals surface area contributed by atoms with Gasteiger partial charge in [-0.15, -0.1) is 0 Å². The van der Waals surface area contributed by atoms with Crippen LogP contribution < -0.4 is 4.90 Å². The topological polar surface area (TPSA) is 43.7 Å². The SMILES string of the molecule is CC1CN(c2ccc([C@@H](C)O)c(Br)c2)CCC1O. The van der Waals surface area contributed by atoms with E-state index in [-0.39, 0.29) is 6.10 Å². The quantitative estimate of drug-likeness (QED) is 0.882. The van der Waals surface area contributed by atoms with Crippen molar-refractivity contribution in [2.24, 2.45) is 5.92 Å². The van der Waals surface area contributed by atoms with E-state index >= 15 is 0 Å². The van der Waals surface area contributed by atoms with Crippen LogP contribution in [-0.4, -0.2) is 29.4 Å². The van der Waals surface area contributed by atoms with Gasteiger partial charge < -0.3 is 15.1 Å². The number of hydrogen-bond acceptors (Lipinski definition) is 3. The van der Waals surface area contributed by atoms with Crippen molar-refractivity contribution in [3.05, 3.63) is 28.2 Å². The average molecular weight is 314 g/mol. The number of halogens is 1. The fourth-order valence-electron chi connectivity index (χ4n) is 2.42. The molecule has 4 heteroatoms. The lowest BCUT2D eigenvalue weighted by Crippen LogP contribution is -2.41. The van der Waals surface area contributed by atoms with Crippen LogP contribution in [-0.2, 0) is 0 Å². The first-order valence-electron chi connectivity index (χ1n) is 6.39. The fourth-order valence-corrected chi connectivity index (χ4v) is 3.12. The van der Waals surface area contributed by atoms with Gasteiger partial charge >= 0.3 is 0 Å². The number of nitrogens with zero attached hydrogens (tertiary/aromatic N) is 1. The van der Waals surface area contributed by atoms with Gasteiger partial charge in [0.05, 0.1) is 12.2 Å². The number of rotatable bonds is 2. The van der Waals surface area contributed by atoms with Gasteiger partial charge in [0.25, 0.3) is 0 Å². The van der Waals surface area contributed by atoms with Crippen LogP contribution in [0.1, 0.15) is 31.9 Å². The lowest BCUT2D eigenvalue weighted by atomic mass is 9.96. The molecule has 0 saturated carbocycles. The van der Waals surface area contributed by atoms with Crippen LogP contribution in [0.3, 0.4) is 0 Å². The largest absolute Gasteiger partial charge is 0.393 e. The van der Waals surface area contributed by atoms with Crippen LogP contribution >= 0.6 is 15.9 Å². The molecule has 1 heterocycles. The Bertz CT molecular complexity index is 422. The average Bonchev–Trinajstić information content (AvgIpc) is 2.32. The van der Waals surface area contributed by atoms with Crippen molar-refractivity contribution in [2.75, 3.05) is 18.0 Å². The highest BCUT2D eigenvalue weighted by atomic mass is 79.9. The summed E-state index contributed by atoms with van der Waals surface area (Å²) in [5, 5.41) is 19.4. The highest BCUT2D eigenvalue weighted by Gasteiger charge is 2.24. The van der Waals surface area contributed by atoms with Gasteiger partial charge in [0.2, 0.25) is 0 Å². The molecular formula is C14H20BrNO2. The summed E-state index contributed by atoms with van der Waals surface area (Å²) < 4.78 is 0.939. The minimum absolute atomic E-state index is 0.179. The summed E-state index contributed by atoms with van der Waals surface area (Å²) in [6, 6.07) is 6.05. The lowest BCUT2D eigenvalue weighted by molar-refractivity contribution is 0.0971. The van der Waals surface area contributed by atoms with Gasteiger partial charge in [-0.2, -0.15) is 0 Å². The van der Waals surface area contributed by atoms with Crippen molar-refractivity contribution in [3.63, 3.8) is 0 Å². The van der Waals surface area contributed by atoms with Gasteiger partial charge in [-0.05, 0) is 37.0 Å². The molecule has 1 aromatic carbocycles. The van der Waals surface area contributed by atoms with Crippen LogP contribution in [0.4, 0.5) is 5.69 Å². The van der Waals surface area contributed by atoms with Gasteiger partial charge in [-0.25, -0.2) is 0 Å². The smallest absolute Gasteiger partial charge is 0.0772 e. The third-order valence-corrected chi connectivity index (χ3v) is 4.35. The highest BCUT2D eigenvalue weighted by molar-refractivity contribution is 9.10. The first-order valence-corrected chi connectivity index (χ1v) is 7.19. The van der Waals surface area contributed by atoms with Gasteiger partial charge in [-0.3, -0.25) is 0 Å². The Morgan fingerprint density at radius 2 is 2.17 bits per heavy atom. The minimum atomic E-state index is -0.462. The van der Waals surface area contributed by atoms with E-state index in [0.29, 0.717) is 5.92 Å². The van der Waals surface area contributed by atoms with E-state index in [4.69, 9.17) is 0 Å². The molecule has 2 unspecified atom stereocenters. The van der Waals surface area contributed by atoms with E-state index in [0.717, 1.165) is 35.2 Å². The summed E-state index contributed by atoms with van der Waals surface area (Å²) in [7, 11) is 0. The monoisotopic (exact) mass is 313 g/mol. The first-order chi connectivity index (χ1) is 8.49. The molecule has 1 fully saturated rings. The molecule has 2 rings (SSSR count). The maximum absolute atomic E-state index is 9.74. The van der Waals surface area contributed by atoms with E-state index in [1.165, 1.54) is 0 Å². The summed E-state index contributed by atoms with van der Waals surface area (Å²) in [4.78, 5) is 2.29. The van der Waals surface area contributed by atoms with Crippen LogP contribution in [0.25, 0.3) is 0 Å². The Balaban J connectivity index is 2.17. The van der Waals surface area contributed by atoms with Crippen LogP contribution in [0, 0.1) is 5.92 Å².